The lowest BCUT2D eigenvalue weighted by atomic mass is 9.78. The highest BCUT2D eigenvalue weighted by molar-refractivity contribution is 6.21. The Kier molecular flexibility index (Phi) is 30.9. The molecule has 24 nitrogen and oxygen atoms in total. The predicted molar refractivity (Wildman–Crippen MR) is 393 cm³/mol. The number of nitrogens with zero attached hydrogens (tertiary/aromatic N) is 9. The fourth-order valence-electron chi connectivity index (χ4n) is 17.7. The van der Waals surface area contributed by atoms with Crippen LogP contribution in [0.15, 0.2) is 0 Å². The van der Waals surface area contributed by atoms with Gasteiger partial charge in [0.2, 0.25) is 70.9 Å². The summed E-state index contributed by atoms with van der Waals surface area (Å²) < 4.78 is 42.5. The van der Waals surface area contributed by atoms with Crippen molar-refractivity contribution in [2.24, 2.45) is 47.3 Å². The summed E-state index contributed by atoms with van der Waals surface area (Å²) in [6, 6.07) is -10.9. The summed E-state index contributed by atoms with van der Waals surface area (Å²) in [5.74, 6) is -10.3. The largest absolute Gasteiger partial charge is 0.393 e. The second-order valence-corrected chi connectivity index (χ2v) is 33.9. The van der Waals surface area contributed by atoms with Gasteiger partial charge >= 0.3 is 6.18 Å². The molecule has 0 radical (unpaired) electrons. The summed E-state index contributed by atoms with van der Waals surface area (Å²) in [4.78, 5) is 194. The first-order valence-electron chi connectivity index (χ1n) is 39.3. The zero-order valence-corrected chi connectivity index (χ0v) is 66.3. The molecule has 3 N–H and O–H groups in total. The molecule has 13 atom stereocenters. The molecule has 0 bridgehead atoms. The number of likely N-dealkylation sites (N-methyl/N-ethyl adjacent to an activating group) is 8. The summed E-state index contributed by atoms with van der Waals surface area (Å²) in [6.45, 7) is 10.6. The van der Waals surface area contributed by atoms with Gasteiger partial charge in [0.05, 0.1) is 18.9 Å². The molecule has 7 aliphatic rings. The molecule has 0 aromatic carbocycles. The molecule has 7 fully saturated rings. The Morgan fingerprint density at radius 1 is 0.600 bits per heavy atom. The van der Waals surface area contributed by atoms with Crippen LogP contribution in [-0.4, -0.2) is 263 Å². The van der Waals surface area contributed by atoms with Crippen LogP contribution in [0.25, 0.3) is 0 Å². The van der Waals surface area contributed by atoms with Gasteiger partial charge in [0, 0.05) is 75.4 Å². The summed E-state index contributed by atoms with van der Waals surface area (Å²) in [6.07, 6.45) is 7.68. The standard InChI is InChI=1S/C77H126ClF3N12O12/c1-16-48(5)64-73(103)87(10)49(6)68(98)93-39-36-57(93)72(102)90(13)60(43-50-24-18-17-19-25-50)71(101)86(9)45-62(94)82-56(35-33-51-32-34-54(55(78)41-51)77(79,80)81)69(99)89(12)59(42-52-30-28-47(4)29-31-52)67(97)84-76(37-22-23-38-76)75(105)92(15)65(53-26-20-21-27-53)74(104)91(14)61(70(100)85(7)8)44-63(95)88(11)58(40-46(2)3)66(96)83-64/h46-61,64-65H,16-45H2,1-15H3,(H,82,94)(H,83,96)(H,84,97)/t47?,48-,49-,51?,52?,54?,55?,56-,57-,58-,59-,60-,61-,64-,65-/m0/s1. The first-order valence-corrected chi connectivity index (χ1v) is 39.8. The Balaban J connectivity index is 1.32. The summed E-state index contributed by atoms with van der Waals surface area (Å²) in [7, 11) is 13.2. The summed E-state index contributed by atoms with van der Waals surface area (Å²) in [5.41, 5.74) is -1.59. The van der Waals surface area contributed by atoms with Gasteiger partial charge in [-0.05, 0) is 132 Å². The maximum absolute atomic E-state index is 15.9. The van der Waals surface area contributed by atoms with Gasteiger partial charge in [0.1, 0.15) is 59.9 Å². The maximum Gasteiger partial charge on any atom is 0.393 e. The number of fused-ring (bicyclic) bond motifs is 1. The van der Waals surface area contributed by atoms with Gasteiger partial charge in [-0.3, -0.25) is 57.5 Å². The average molecular weight is 1500 g/mol. The number of carbonyl (C=O) groups excluding carboxylic acids is 12. The second-order valence-electron chi connectivity index (χ2n) is 33.3. The summed E-state index contributed by atoms with van der Waals surface area (Å²) in [5, 5.41) is 7.78. The van der Waals surface area contributed by atoms with Gasteiger partial charge in [-0.1, -0.05) is 125 Å². The molecule has 1 spiro atoms. The van der Waals surface area contributed by atoms with Crippen molar-refractivity contribution in [2.75, 3.05) is 76.5 Å². The minimum absolute atomic E-state index is 0.00526. The molecule has 28 heteroatoms. The quantitative estimate of drug-likeness (QED) is 0.149. The molecule has 0 aromatic heterocycles. The van der Waals surface area contributed by atoms with E-state index in [1.165, 1.54) is 114 Å². The van der Waals surface area contributed by atoms with E-state index in [0.717, 1.165) is 70.6 Å². The van der Waals surface area contributed by atoms with Crippen LogP contribution in [0.3, 0.4) is 0 Å². The zero-order chi connectivity index (χ0) is 77.9. The number of nitrogens with one attached hydrogen (secondary N) is 3. The molecule has 105 heavy (non-hydrogen) atoms. The van der Waals surface area contributed by atoms with Crippen LogP contribution in [0.1, 0.15) is 221 Å². The third-order valence-corrected chi connectivity index (χ3v) is 25.7. The van der Waals surface area contributed by atoms with Crippen molar-refractivity contribution in [2.45, 2.75) is 293 Å². The molecule has 0 aromatic rings. The molecular formula is C77H126ClF3N12O12. The first-order chi connectivity index (χ1) is 49.3. The number of amides is 12. The molecule has 5 aliphatic carbocycles. The van der Waals surface area contributed by atoms with Gasteiger partial charge in [0.25, 0.3) is 0 Å². The molecule has 7 rings (SSSR count). The predicted octanol–water partition coefficient (Wildman–Crippen LogP) is 7.75. The zero-order valence-electron chi connectivity index (χ0n) is 65.5. The van der Waals surface area contributed by atoms with Gasteiger partial charge < -0.3 is 60.0 Å². The van der Waals surface area contributed by atoms with Gasteiger partial charge in [-0.15, -0.1) is 11.6 Å². The van der Waals surface area contributed by atoms with Crippen molar-refractivity contribution < 1.29 is 70.7 Å². The van der Waals surface area contributed by atoms with Gasteiger partial charge in [-0.25, -0.2) is 0 Å². The molecule has 5 saturated carbocycles. The maximum atomic E-state index is 15.9. The third-order valence-electron chi connectivity index (χ3n) is 25.2. The lowest BCUT2D eigenvalue weighted by Crippen LogP contribution is -2.65. The third kappa shape index (κ3) is 21.2. The van der Waals surface area contributed by atoms with E-state index in [4.69, 9.17) is 11.6 Å². The average Bonchev–Trinajstić information content (AvgIpc) is 1.59. The lowest BCUT2D eigenvalue weighted by molar-refractivity contribution is -0.182. The van der Waals surface area contributed by atoms with Crippen molar-refractivity contribution >= 4 is 82.5 Å². The van der Waals surface area contributed by atoms with Crippen LogP contribution >= 0.6 is 11.6 Å². The monoisotopic (exact) mass is 1500 g/mol. The van der Waals surface area contributed by atoms with E-state index in [9.17, 15) is 41.9 Å². The first kappa shape index (κ1) is 86.0. The number of rotatable bonds is 13. The highest BCUT2D eigenvalue weighted by Crippen LogP contribution is 2.44. The van der Waals surface area contributed by atoms with Crippen molar-refractivity contribution in [3.8, 4) is 0 Å². The lowest BCUT2D eigenvalue weighted by Gasteiger charge is -2.45. The fraction of sp³-hybridized carbons (Fsp3) is 0.844. The minimum Gasteiger partial charge on any atom is -0.347 e. The Bertz CT molecular complexity index is 3060. The van der Waals surface area contributed by atoms with E-state index in [2.05, 4.69) is 22.9 Å². The van der Waals surface area contributed by atoms with Crippen LogP contribution in [0, 0.1) is 47.3 Å². The minimum atomic E-state index is -4.52. The molecule has 2 heterocycles. The number of halogens is 4. The molecule has 2 aliphatic heterocycles. The molecule has 12 amide bonds. The molecule has 3 unspecified atom stereocenters. The number of hydrogen-bond donors (Lipinski definition) is 3. The second kappa shape index (κ2) is 37.7. The molecule has 2 saturated heterocycles. The van der Waals surface area contributed by atoms with E-state index in [1.807, 2.05) is 20.8 Å². The highest BCUT2D eigenvalue weighted by Gasteiger charge is 2.53. The Morgan fingerprint density at radius 2 is 1.18 bits per heavy atom. The van der Waals surface area contributed by atoms with Crippen molar-refractivity contribution in [1.29, 1.82) is 0 Å². The molecular weight excluding hydrogens is 1380 g/mol. The number of alkyl halides is 4. The Hall–Kier alpha value is -6.28. The van der Waals surface area contributed by atoms with Crippen LogP contribution in [0.2, 0.25) is 0 Å². The summed E-state index contributed by atoms with van der Waals surface area (Å²) >= 11 is 6.48. The normalized spacial score (nSPS) is 31.8. The Morgan fingerprint density at radius 3 is 1.74 bits per heavy atom. The van der Waals surface area contributed by atoms with Crippen LogP contribution < -0.4 is 16.0 Å². The fourth-order valence-corrected chi connectivity index (χ4v) is 18.3. The van der Waals surface area contributed by atoms with Crippen LogP contribution in [0.5, 0.6) is 0 Å². The van der Waals surface area contributed by atoms with Crippen molar-refractivity contribution in [1.82, 2.24) is 60.0 Å². The van der Waals surface area contributed by atoms with Crippen molar-refractivity contribution in [3.05, 3.63) is 0 Å². The van der Waals surface area contributed by atoms with E-state index < -0.39 is 173 Å². The highest BCUT2D eigenvalue weighted by atomic mass is 35.5. The molecule has 594 valence electrons. The number of carbonyl (C=O) groups is 12. The van der Waals surface area contributed by atoms with E-state index >= 15 is 28.8 Å². The van der Waals surface area contributed by atoms with Gasteiger partial charge in [0.15, 0.2) is 0 Å². The topological polar surface area (TPSA) is 270 Å². The SMILES string of the molecule is CC[C@H](C)[C@@H]1NC(=O)[C@H](CC(C)C)N(C)C(=O)C[C@@H](C(=O)N(C)C)N(C)C(=O)[C@H](C2CCCC2)N(C)C(=O)C2(CCCC2)NC(=O)[C@H](CC2CCC(C)CC2)N(C)C(=O)[C@H](CCC2CCC(C(F)(F)F)C(Cl)C2)NC(=O)CN(C)C(=O)[C@H](CC2CCCCC2)N(C)C(=O)[C@@H]2CCN2C(=O)[C@H](C)N(C)C1=O. The number of hydrogen-bond acceptors (Lipinski definition) is 12. The Labute approximate surface area is 627 Å². The smallest absolute Gasteiger partial charge is 0.347 e. The van der Waals surface area contributed by atoms with Gasteiger partial charge in [-0.2, -0.15) is 13.2 Å². The van der Waals surface area contributed by atoms with E-state index in [0.29, 0.717) is 38.0 Å². The van der Waals surface area contributed by atoms with E-state index in [1.54, 1.807) is 6.92 Å². The van der Waals surface area contributed by atoms with Crippen LogP contribution in [-0.2, 0) is 57.5 Å². The van der Waals surface area contributed by atoms with E-state index in [-0.39, 0.29) is 101 Å². The van der Waals surface area contributed by atoms with Crippen LogP contribution in [0.4, 0.5) is 13.2 Å². The van der Waals surface area contributed by atoms with Crippen molar-refractivity contribution in [3.63, 3.8) is 0 Å².